The first-order valence-electron chi connectivity index (χ1n) is 9.21. The molecule has 0 fully saturated rings. The lowest BCUT2D eigenvalue weighted by Crippen LogP contribution is -2.13. The summed E-state index contributed by atoms with van der Waals surface area (Å²) in [6, 6.07) is 12.4. The van der Waals surface area contributed by atoms with Crippen molar-refractivity contribution in [2.75, 3.05) is 5.32 Å². The number of nitrogens with one attached hydrogen (secondary N) is 1. The van der Waals surface area contributed by atoms with Crippen molar-refractivity contribution in [1.82, 2.24) is 0 Å². The van der Waals surface area contributed by atoms with Crippen LogP contribution >= 0.6 is 58.0 Å². The lowest BCUT2D eigenvalue weighted by Gasteiger charge is -2.12. The molecule has 3 aromatic carbocycles. The number of ether oxygens (including phenoxy) is 1. The van der Waals surface area contributed by atoms with Crippen LogP contribution in [0.3, 0.4) is 0 Å². The minimum absolute atomic E-state index is 0.0528. The molecule has 0 aliphatic carbocycles. The molecule has 0 bridgehead atoms. The summed E-state index contributed by atoms with van der Waals surface area (Å²) in [6.07, 6.45) is 1.68. The minimum Gasteiger partial charge on any atom is -0.508 e. The zero-order valence-electron chi connectivity index (χ0n) is 16.8. The molecule has 0 unspecified atom stereocenters. The molecule has 10 heteroatoms. The van der Waals surface area contributed by atoms with Gasteiger partial charge in [0.1, 0.15) is 15.8 Å². The molecule has 170 valence electrons. The normalized spacial score (nSPS) is 11.3. The van der Waals surface area contributed by atoms with Crippen LogP contribution in [-0.4, -0.2) is 17.0 Å². The number of esters is 1. The molecule has 0 aromatic heterocycles. The Hall–Kier alpha value is -2.41. The van der Waals surface area contributed by atoms with E-state index in [0.717, 1.165) is 5.56 Å². The first-order valence-corrected chi connectivity index (χ1v) is 11.1. The van der Waals surface area contributed by atoms with Gasteiger partial charge in [0, 0.05) is 11.3 Å². The van der Waals surface area contributed by atoms with E-state index in [1.54, 1.807) is 25.1 Å². The molecule has 0 radical (unpaired) electrons. The van der Waals surface area contributed by atoms with Crippen molar-refractivity contribution in [3.05, 3.63) is 90.3 Å². The zero-order valence-corrected chi connectivity index (χ0v) is 20.5. The number of hydrogen-bond donors (Lipinski definition) is 2. The lowest BCUT2D eigenvalue weighted by molar-refractivity contribution is -0.112. The van der Waals surface area contributed by atoms with Crippen molar-refractivity contribution in [3.63, 3.8) is 0 Å². The third kappa shape index (κ3) is 5.94. The van der Waals surface area contributed by atoms with Crippen molar-refractivity contribution in [3.8, 4) is 11.5 Å². The maximum Gasteiger partial charge on any atom is 0.343 e. The maximum atomic E-state index is 12.5. The SMILES string of the molecule is C/C(=C\c1ccc(O)cc1)C(=O)Nc1ccc(C(=O)Oc2c(Cl)c(Cl)c(Cl)c(Cl)c2Cl)cc1. The highest BCUT2D eigenvalue weighted by Gasteiger charge is 2.23. The largest absolute Gasteiger partial charge is 0.508 e. The Kier molecular flexibility index (Phi) is 8.16. The summed E-state index contributed by atoms with van der Waals surface area (Å²) in [5, 5.41) is 11.5. The topological polar surface area (TPSA) is 75.6 Å². The summed E-state index contributed by atoms with van der Waals surface area (Å²) in [5.74, 6) is -1.17. The van der Waals surface area contributed by atoms with Crippen LogP contribution in [-0.2, 0) is 4.79 Å². The fourth-order valence-electron chi connectivity index (χ4n) is 2.63. The van der Waals surface area contributed by atoms with Crippen LogP contribution in [0.15, 0.2) is 54.1 Å². The van der Waals surface area contributed by atoms with E-state index >= 15 is 0 Å². The quantitative estimate of drug-likeness (QED) is 0.112. The number of halogens is 5. The Morgan fingerprint density at radius 3 is 1.88 bits per heavy atom. The monoisotopic (exact) mass is 543 g/mol. The molecule has 0 saturated heterocycles. The fraction of sp³-hybridized carbons (Fsp3) is 0.0435. The Balaban J connectivity index is 1.71. The van der Waals surface area contributed by atoms with E-state index in [0.29, 0.717) is 11.3 Å². The smallest absolute Gasteiger partial charge is 0.343 e. The highest BCUT2D eigenvalue weighted by Crippen LogP contribution is 2.48. The number of anilines is 1. The summed E-state index contributed by atoms with van der Waals surface area (Å²) < 4.78 is 5.27. The van der Waals surface area contributed by atoms with Crippen LogP contribution < -0.4 is 10.1 Å². The molecule has 0 saturated carbocycles. The minimum atomic E-state index is -0.769. The summed E-state index contributed by atoms with van der Waals surface area (Å²) in [6.45, 7) is 1.66. The summed E-state index contributed by atoms with van der Waals surface area (Å²) in [4.78, 5) is 24.9. The van der Waals surface area contributed by atoms with Crippen molar-refractivity contribution < 1.29 is 19.4 Å². The molecule has 3 rings (SSSR count). The average molecular weight is 546 g/mol. The predicted molar refractivity (Wildman–Crippen MR) is 133 cm³/mol. The third-order valence-electron chi connectivity index (χ3n) is 4.38. The number of aromatic hydroxyl groups is 1. The summed E-state index contributed by atoms with van der Waals surface area (Å²) in [5.41, 5.74) is 1.84. The van der Waals surface area contributed by atoms with E-state index in [9.17, 15) is 14.7 Å². The van der Waals surface area contributed by atoms with Crippen LogP contribution in [0.5, 0.6) is 11.5 Å². The molecule has 3 aromatic rings. The second-order valence-corrected chi connectivity index (χ2v) is 8.63. The second kappa shape index (κ2) is 10.7. The Morgan fingerprint density at radius 2 is 1.33 bits per heavy atom. The zero-order chi connectivity index (χ0) is 24.3. The van der Waals surface area contributed by atoms with E-state index < -0.39 is 5.97 Å². The van der Waals surface area contributed by atoms with E-state index in [1.807, 2.05) is 0 Å². The van der Waals surface area contributed by atoms with Gasteiger partial charge in [-0.3, -0.25) is 4.79 Å². The number of carbonyl (C=O) groups is 2. The Morgan fingerprint density at radius 1 is 0.818 bits per heavy atom. The number of phenolic OH excluding ortho intramolecular Hbond substituents is 1. The molecule has 0 aliphatic heterocycles. The van der Waals surface area contributed by atoms with Gasteiger partial charge in [0.05, 0.1) is 20.6 Å². The molecule has 0 spiro atoms. The molecular weight excluding hydrogens is 532 g/mol. The standard InChI is InChI=1S/C23H14Cl5NO4/c1-11(10-12-2-8-15(30)9-3-12)22(31)29-14-6-4-13(5-7-14)23(32)33-21-19(27)17(25)16(24)18(26)20(21)28/h2-10,30H,1H3,(H,29,31)/b11-10+. The van der Waals surface area contributed by atoms with Gasteiger partial charge in [-0.1, -0.05) is 70.1 Å². The van der Waals surface area contributed by atoms with E-state index in [2.05, 4.69) is 5.32 Å². The third-order valence-corrected chi connectivity index (χ3v) is 6.62. The van der Waals surface area contributed by atoms with Crippen molar-refractivity contribution in [2.45, 2.75) is 6.92 Å². The molecule has 5 nitrogen and oxygen atoms in total. The average Bonchev–Trinajstić information content (AvgIpc) is 2.81. The molecule has 2 N–H and O–H groups in total. The van der Waals surface area contributed by atoms with Crippen molar-refractivity contribution in [1.29, 1.82) is 0 Å². The van der Waals surface area contributed by atoms with Gasteiger partial charge in [-0.15, -0.1) is 0 Å². The van der Waals surface area contributed by atoms with Gasteiger partial charge in [-0.2, -0.15) is 0 Å². The first-order chi connectivity index (χ1) is 15.6. The Labute approximate surface area is 214 Å². The number of benzene rings is 3. The highest BCUT2D eigenvalue weighted by atomic mass is 35.5. The second-order valence-electron chi connectivity index (χ2n) is 6.74. The van der Waals surface area contributed by atoms with E-state index in [4.69, 9.17) is 62.7 Å². The molecule has 0 atom stereocenters. The maximum absolute atomic E-state index is 12.5. The van der Waals surface area contributed by atoms with E-state index in [-0.39, 0.29) is 48.1 Å². The van der Waals surface area contributed by atoms with Gasteiger partial charge in [0.25, 0.3) is 5.91 Å². The number of phenols is 1. The number of amides is 1. The molecule has 0 aliphatic rings. The van der Waals surface area contributed by atoms with Crippen molar-refractivity contribution >= 4 is 81.6 Å². The number of carbonyl (C=O) groups excluding carboxylic acids is 2. The van der Waals surface area contributed by atoms with Gasteiger partial charge in [-0.25, -0.2) is 4.79 Å². The van der Waals surface area contributed by atoms with Gasteiger partial charge < -0.3 is 15.2 Å². The highest BCUT2D eigenvalue weighted by molar-refractivity contribution is 6.55. The number of hydrogen-bond acceptors (Lipinski definition) is 4. The predicted octanol–water partition coefficient (Wildman–Crippen LogP) is 7.92. The van der Waals surface area contributed by atoms with Crippen LogP contribution in [0.4, 0.5) is 5.69 Å². The molecule has 33 heavy (non-hydrogen) atoms. The van der Waals surface area contributed by atoms with Crippen LogP contribution in [0.1, 0.15) is 22.8 Å². The van der Waals surface area contributed by atoms with E-state index in [1.165, 1.54) is 36.4 Å². The Bertz CT molecular complexity index is 1230. The molecule has 0 heterocycles. The van der Waals surface area contributed by atoms with Gasteiger partial charge in [0.2, 0.25) is 0 Å². The number of rotatable bonds is 5. The van der Waals surface area contributed by atoms with Crippen LogP contribution in [0, 0.1) is 0 Å². The van der Waals surface area contributed by atoms with Crippen molar-refractivity contribution in [2.24, 2.45) is 0 Å². The summed E-state index contributed by atoms with van der Waals surface area (Å²) in [7, 11) is 0. The lowest BCUT2D eigenvalue weighted by atomic mass is 10.1. The van der Waals surface area contributed by atoms with Crippen LogP contribution in [0.2, 0.25) is 25.1 Å². The van der Waals surface area contributed by atoms with Crippen LogP contribution in [0.25, 0.3) is 6.08 Å². The first kappa shape index (κ1) is 25.2. The molecule has 1 amide bonds. The fourth-order valence-corrected chi connectivity index (χ4v) is 3.83. The van der Waals surface area contributed by atoms with Gasteiger partial charge in [-0.05, 0) is 55.0 Å². The summed E-state index contributed by atoms with van der Waals surface area (Å²) >= 11 is 30.1. The van der Waals surface area contributed by atoms with Gasteiger partial charge in [0.15, 0.2) is 5.75 Å². The molecular formula is C23H14Cl5NO4. The van der Waals surface area contributed by atoms with Gasteiger partial charge >= 0.3 is 5.97 Å².